The Bertz CT molecular complexity index is 1230. The average molecular weight is 451 g/mol. The molecule has 0 saturated carbocycles. The van der Waals surface area contributed by atoms with Crippen LogP contribution in [0.2, 0.25) is 0 Å². The van der Waals surface area contributed by atoms with Gasteiger partial charge >= 0.3 is 12.0 Å². The first kappa shape index (κ1) is 21.4. The quantitative estimate of drug-likeness (QED) is 0.326. The van der Waals surface area contributed by atoms with E-state index in [1.807, 2.05) is 53.9 Å². The van der Waals surface area contributed by atoms with E-state index in [1.165, 1.54) is 11.3 Å². The number of fused-ring (bicyclic) bond motifs is 1. The molecule has 2 amide bonds. The van der Waals surface area contributed by atoms with Crippen LogP contribution in [0.15, 0.2) is 60.1 Å². The molecule has 32 heavy (non-hydrogen) atoms. The third-order valence-corrected chi connectivity index (χ3v) is 5.96. The van der Waals surface area contributed by atoms with E-state index in [2.05, 4.69) is 20.6 Å². The number of carbonyl (C=O) groups excluding carboxylic acids is 1. The van der Waals surface area contributed by atoms with Crippen molar-refractivity contribution in [1.29, 1.82) is 0 Å². The Labute approximate surface area is 188 Å². The number of aliphatic carboxylic acids is 1. The molecule has 9 heteroatoms. The van der Waals surface area contributed by atoms with Crippen molar-refractivity contribution in [3.05, 3.63) is 71.4 Å². The molecule has 2 aromatic carbocycles. The van der Waals surface area contributed by atoms with Crippen molar-refractivity contribution >= 4 is 34.2 Å². The summed E-state index contributed by atoms with van der Waals surface area (Å²) in [6, 6.07) is 13.6. The monoisotopic (exact) mass is 450 g/mol. The SMILES string of the molecule is COc1ccc(-c2nc(CNC(=O)N[C@@H](Cc3c[nH]c4ccccc34)C(=O)O)cs2)cc1. The number of urea groups is 1. The van der Waals surface area contributed by atoms with Crippen LogP contribution in [-0.2, 0) is 17.8 Å². The van der Waals surface area contributed by atoms with Crippen LogP contribution >= 0.6 is 11.3 Å². The third-order valence-electron chi connectivity index (χ3n) is 5.02. The lowest BCUT2D eigenvalue weighted by molar-refractivity contribution is -0.139. The van der Waals surface area contributed by atoms with Gasteiger partial charge in [0.2, 0.25) is 0 Å². The summed E-state index contributed by atoms with van der Waals surface area (Å²) in [6.45, 7) is 0.192. The summed E-state index contributed by atoms with van der Waals surface area (Å²) in [6.07, 6.45) is 1.95. The second-order valence-corrected chi connectivity index (χ2v) is 8.01. The zero-order valence-electron chi connectivity index (χ0n) is 17.3. The van der Waals surface area contributed by atoms with Crippen molar-refractivity contribution in [1.82, 2.24) is 20.6 Å². The first-order valence-corrected chi connectivity index (χ1v) is 10.8. The van der Waals surface area contributed by atoms with Crippen molar-refractivity contribution in [2.75, 3.05) is 7.11 Å². The number of carboxylic acid groups (broad SMARTS) is 1. The van der Waals surface area contributed by atoms with Crippen molar-refractivity contribution in [3.8, 4) is 16.3 Å². The minimum atomic E-state index is -1.10. The van der Waals surface area contributed by atoms with Gasteiger partial charge in [0.1, 0.15) is 16.8 Å². The first-order valence-electron chi connectivity index (χ1n) is 9.94. The number of carbonyl (C=O) groups is 2. The van der Waals surface area contributed by atoms with Gasteiger partial charge in [-0.25, -0.2) is 14.6 Å². The number of amides is 2. The van der Waals surface area contributed by atoms with Gasteiger partial charge in [-0.15, -0.1) is 11.3 Å². The second kappa shape index (κ2) is 9.52. The molecule has 0 aliphatic heterocycles. The molecule has 0 aliphatic rings. The molecule has 164 valence electrons. The van der Waals surface area contributed by atoms with Crippen LogP contribution in [0.3, 0.4) is 0 Å². The molecule has 0 bridgehead atoms. The molecule has 0 radical (unpaired) electrons. The number of methoxy groups -OCH3 is 1. The number of para-hydroxylation sites is 1. The normalized spacial score (nSPS) is 11.8. The third kappa shape index (κ3) is 4.89. The van der Waals surface area contributed by atoms with E-state index in [0.29, 0.717) is 5.69 Å². The topological polar surface area (TPSA) is 116 Å². The summed E-state index contributed by atoms with van der Waals surface area (Å²) in [5.41, 5.74) is 3.40. The number of aromatic nitrogens is 2. The van der Waals surface area contributed by atoms with Gasteiger partial charge < -0.3 is 25.5 Å². The van der Waals surface area contributed by atoms with Gasteiger partial charge in [0.05, 0.1) is 19.3 Å². The van der Waals surface area contributed by atoms with E-state index in [4.69, 9.17) is 4.74 Å². The summed E-state index contributed by atoms with van der Waals surface area (Å²) < 4.78 is 5.16. The lowest BCUT2D eigenvalue weighted by Gasteiger charge is -2.14. The van der Waals surface area contributed by atoms with E-state index in [-0.39, 0.29) is 13.0 Å². The van der Waals surface area contributed by atoms with E-state index < -0.39 is 18.0 Å². The summed E-state index contributed by atoms with van der Waals surface area (Å²) in [5.74, 6) is -0.328. The van der Waals surface area contributed by atoms with Gasteiger partial charge in [-0.3, -0.25) is 0 Å². The van der Waals surface area contributed by atoms with Crippen molar-refractivity contribution in [2.24, 2.45) is 0 Å². The molecule has 0 unspecified atom stereocenters. The van der Waals surface area contributed by atoms with Gasteiger partial charge in [-0.1, -0.05) is 18.2 Å². The molecule has 0 spiro atoms. The lowest BCUT2D eigenvalue weighted by atomic mass is 10.1. The highest BCUT2D eigenvalue weighted by molar-refractivity contribution is 7.13. The highest BCUT2D eigenvalue weighted by Gasteiger charge is 2.22. The van der Waals surface area contributed by atoms with E-state index >= 15 is 0 Å². The van der Waals surface area contributed by atoms with Crippen LogP contribution in [-0.4, -0.2) is 40.2 Å². The minimum absolute atomic E-state index is 0.172. The number of rotatable bonds is 8. The molecule has 0 aliphatic carbocycles. The Kier molecular flexibility index (Phi) is 6.37. The number of nitrogens with zero attached hydrogens (tertiary/aromatic N) is 1. The first-order chi connectivity index (χ1) is 15.5. The van der Waals surface area contributed by atoms with Crippen molar-refractivity contribution in [3.63, 3.8) is 0 Å². The molecule has 4 N–H and O–H groups in total. The smallest absolute Gasteiger partial charge is 0.326 e. The Morgan fingerprint density at radius 1 is 1.19 bits per heavy atom. The molecular weight excluding hydrogens is 428 g/mol. The minimum Gasteiger partial charge on any atom is -0.497 e. The van der Waals surface area contributed by atoms with Crippen LogP contribution in [0.25, 0.3) is 21.5 Å². The Hall–Kier alpha value is -3.85. The summed E-state index contributed by atoms with van der Waals surface area (Å²) in [5, 5.41) is 18.4. The Morgan fingerprint density at radius 3 is 2.72 bits per heavy atom. The van der Waals surface area contributed by atoms with Crippen LogP contribution < -0.4 is 15.4 Å². The molecule has 8 nitrogen and oxygen atoms in total. The molecule has 2 heterocycles. The summed E-state index contributed by atoms with van der Waals surface area (Å²) >= 11 is 1.47. The molecule has 0 saturated heterocycles. The maximum atomic E-state index is 12.3. The Morgan fingerprint density at radius 2 is 1.97 bits per heavy atom. The van der Waals surface area contributed by atoms with Gasteiger partial charge in [0.15, 0.2) is 0 Å². The summed E-state index contributed by atoms with van der Waals surface area (Å²) in [7, 11) is 1.61. The van der Waals surface area contributed by atoms with Gasteiger partial charge in [0, 0.05) is 34.5 Å². The fourth-order valence-corrected chi connectivity index (χ4v) is 4.18. The number of H-pyrrole nitrogens is 1. The number of ether oxygens (including phenoxy) is 1. The Balaban J connectivity index is 1.35. The number of hydrogen-bond acceptors (Lipinski definition) is 5. The second-order valence-electron chi connectivity index (χ2n) is 7.15. The molecule has 2 aromatic heterocycles. The number of aromatic amines is 1. The number of thiazole rings is 1. The van der Waals surface area contributed by atoms with Crippen LogP contribution in [0.1, 0.15) is 11.3 Å². The molecule has 0 fully saturated rings. The van der Waals surface area contributed by atoms with Gasteiger partial charge in [-0.05, 0) is 35.9 Å². The standard InChI is InChI=1S/C23H22N4O4S/c1-31-17-8-6-14(7-9-17)21-26-16(13-32-21)12-25-23(30)27-20(22(28)29)10-15-11-24-19-5-3-2-4-18(15)19/h2-9,11,13,20,24H,10,12H2,1H3,(H,28,29)(H2,25,27,30)/t20-/m0/s1. The van der Waals surface area contributed by atoms with E-state index in [9.17, 15) is 14.7 Å². The zero-order valence-corrected chi connectivity index (χ0v) is 18.1. The average Bonchev–Trinajstić information content (AvgIpc) is 3.45. The maximum absolute atomic E-state index is 12.3. The van der Waals surface area contributed by atoms with E-state index in [0.717, 1.165) is 32.8 Å². The van der Waals surface area contributed by atoms with E-state index in [1.54, 1.807) is 13.3 Å². The number of carboxylic acids is 1. The highest BCUT2D eigenvalue weighted by atomic mass is 32.1. The maximum Gasteiger partial charge on any atom is 0.326 e. The summed E-state index contributed by atoms with van der Waals surface area (Å²) in [4.78, 5) is 31.7. The highest BCUT2D eigenvalue weighted by Crippen LogP contribution is 2.25. The van der Waals surface area contributed by atoms with Crippen molar-refractivity contribution in [2.45, 2.75) is 19.0 Å². The molecule has 4 aromatic rings. The molecular formula is C23H22N4O4S. The van der Waals surface area contributed by atoms with Crippen LogP contribution in [0.5, 0.6) is 5.75 Å². The fourth-order valence-electron chi connectivity index (χ4n) is 3.35. The molecule has 1 atom stereocenters. The number of hydrogen-bond donors (Lipinski definition) is 4. The van der Waals surface area contributed by atoms with Gasteiger partial charge in [0.25, 0.3) is 0 Å². The predicted molar refractivity (Wildman–Crippen MR) is 123 cm³/mol. The van der Waals surface area contributed by atoms with Crippen LogP contribution in [0.4, 0.5) is 4.79 Å². The largest absolute Gasteiger partial charge is 0.497 e. The van der Waals surface area contributed by atoms with Gasteiger partial charge in [-0.2, -0.15) is 0 Å². The fraction of sp³-hybridized carbons (Fsp3) is 0.174. The lowest BCUT2D eigenvalue weighted by Crippen LogP contribution is -2.46. The molecule has 4 rings (SSSR count). The number of benzene rings is 2. The zero-order chi connectivity index (χ0) is 22.5. The predicted octanol–water partition coefficient (Wildman–Crippen LogP) is 3.80. The number of nitrogens with one attached hydrogen (secondary N) is 3. The van der Waals surface area contributed by atoms with Crippen molar-refractivity contribution < 1.29 is 19.4 Å². The van der Waals surface area contributed by atoms with Crippen LogP contribution in [0, 0.1) is 0 Å².